The summed E-state index contributed by atoms with van der Waals surface area (Å²) in [7, 11) is -4.56. The van der Waals surface area contributed by atoms with Crippen molar-refractivity contribution in [3.8, 4) is 0 Å². The molecular formula is C3H15NO7P2. The van der Waals surface area contributed by atoms with E-state index in [0.717, 1.165) is 0 Å². The molecule has 0 spiro atoms. The fourth-order valence-electron chi connectivity index (χ4n) is 0. The summed E-state index contributed by atoms with van der Waals surface area (Å²) < 4.78 is 17.5. The molecule has 0 saturated heterocycles. The highest BCUT2D eigenvalue weighted by atomic mass is 31.1. The molecule has 1 unspecified atom stereocenters. The van der Waals surface area contributed by atoms with Crippen LogP contribution >= 0.6 is 16.5 Å². The molecular weight excluding hydrogens is 224 g/mol. The molecule has 0 aromatic rings. The molecule has 0 bridgehead atoms. The van der Waals surface area contributed by atoms with E-state index in [1.165, 1.54) is 0 Å². The van der Waals surface area contributed by atoms with Gasteiger partial charge >= 0.3 is 16.5 Å². The molecule has 0 radical (unpaired) electrons. The van der Waals surface area contributed by atoms with Crippen molar-refractivity contribution in [1.82, 2.24) is 5.32 Å². The molecule has 0 saturated carbocycles. The summed E-state index contributed by atoms with van der Waals surface area (Å²) in [5.74, 6) is 0. The first-order chi connectivity index (χ1) is 5.73. The number of nitrogens with one attached hydrogen (secondary N) is 1. The second kappa shape index (κ2) is 14.7. The van der Waals surface area contributed by atoms with E-state index in [4.69, 9.17) is 33.8 Å². The van der Waals surface area contributed by atoms with E-state index in [0.29, 0.717) is 0 Å². The van der Waals surface area contributed by atoms with Gasteiger partial charge in [0.2, 0.25) is 0 Å². The van der Waals surface area contributed by atoms with E-state index in [-0.39, 0.29) is 6.23 Å². The Bertz CT molecular complexity index is 120. The van der Waals surface area contributed by atoms with Crippen LogP contribution in [0.15, 0.2) is 0 Å². The van der Waals surface area contributed by atoms with Crippen LogP contribution in [-0.4, -0.2) is 38.0 Å². The second-order valence-electron chi connectivity index (χ2n) is 1.53. The first-order valence-corrected chi connectivity index (χ1v) is 5.53. The summed E-state index contributed by atoms with van der Waals surface area (Å²) in [6.07, 6.45) is -0.366. The summed E-state index contributed by atoms with van der Waals surface area (Å²) in [5, 5.41) is 10.8. The molecule has 0 aromatic carbocycles. The third kappa shape index (κ3) is 259. The summed E-state index contributed by atoms with van der Waals surface area (Å²) in [5.41, 5.74) is 0. The van der Waals surface area contributed by atoms with E-state index < -0.39 is 16.5 Å². The number of hydrogen-bond donors (Lipinski definition) is 6. The molecule has 8 nitrogen and oxygen atoms in total. The SMILES string of the molecule is CNC(C)O.O=[PH](O)O.O=[PH](O)O. The minimum Gasteiger partial charge on any atom is -0.379 e. The zero-order valence-electron chi connectivity index (χ0n) is 7.13. The van der Waals surface area contributed by atoms with Crippen LogP contribution in [0, 0.1) is 0 Å². The monoisotopic (exact) mass is 239 g/mol. The fourth-order valence-corrected chi connectivity index (χ4v) is 0. The molecule has 1 atom stereocenters. The first kappa shape index (κ1) is 18.9. The van der Waals surface area contributed by atoms with Crippen molar-refractivity contribution < 1.29 is 33.8 Å². The lowest BCUT2D eigenvalue weighted by Gasteiger charge is -1.94. The summed E-state index contributed by atoms with van der Waals surface area (Å²) in [4.78, 5) is 28.6. The molecule has 13 heavy (non-hydrogen) atoms. The van der Waals surface area contributed by atoms with Gasteiger partial charge in [0.15, 0.2) is 0 Å². The van der Waals surface area contributed by atoms with Crippen molar-refractivity contribution in [2.75, 3.05) is 7.05 Å². The van der Waals surface area contributed by atoms with Gasteiger partial charge in [-0.3, -0.25) is 14.4 Å². The van der Waals surface area contributed by atoms with Crippen LogP contribution in [0.2, 0.25) is 0 Å². The van der Waals surface area contributed by atoms with Crippen molar-refractivity contribution in [2.24, 2.45) is 0 Å². The number of hydrogen-bond acceptors (Lipinski definition) is 4. The third-order valence-electron chi connectivity index (χ3n) is 0.418. The Morgan fingerprint density at radius 2 is 1.15 bits per heavy atom. The zero-order chi connectivity index (χ0) is 11.4. The summed E-state index contributed by atoms with van der Waals surface area (Å²) >= 11 is 0. The van der Waals surface area contributed by atoms with Gasteiger partial charge in [0.1, 0.15) is 6.23 Å². The molecule has 0 fully saturated rings. The minimum atomic E-state index is -3.13. The highest BCUT2D eigenvalue weighted by Crippen LogP contribution is 1.98. The van der Waals surface area contributed by atoms with Crippen LogP contribution in [-0.2, 0) is 9.13 Å². The molecule has 84 valence electrons. The lowest BCUT2D eigenvalue weighted by atomic mass is 10.7. The van der Waals surface area contributed by atoms with E-state index in [9.17, 15) is 0 Å². The zero-order valence-corrected chi connectivity index (χ0v) is 9.13. The quantitative estimate of drug-likeness (QED) is 0.233. The van der Waals surface area contributed by atoms with E-state index in [1.807, 2.05) is 0 Å². The second-order valence-corrected chi connectivity index (χ2v) is 2.66. The third-order valence-corrected chi connectivity index (χ3v) is 0.418. The summed E-state index contributed by atoms with van der Waals surface area (Å²) in [6, 6.07) is 0. The van der Waals surface area contributed by atoms with Crippen molar-refractivity contribution >= 4 is 16.5 Å². The van der Waals surface area contributed by atoms with Gasteiger partial charge in [-0.1, -0.05) is 0 Å². The normalized spacial score (nSPS) is 11.2. The number of aliphatic hydroxyl groups excluding tert-OH is 1. The van der Waals surface area contributed by atoms with Crippen LogP contribution in [0.5, 0.6) is 0 Å². The van der Waals surface area contributed by atoms with E-state index in [1.54, 1.807) is 14.0 Å². The molecule has 10 heteroatoms. The predicted octanol–water partition coefficient (Wildman–Crippen LogP) is -1.73. The Labute approximate surface area is 76.8 Å². The molecule has 0 aliphatic carbocycles. The Hall–Kier alpha value is 0.220. The average Bonchev–Trinajstić information content (AvgIpc) is 1.84. The van der Waals surface area contributed by atoms with Gasteiger partial charge in [-0.05, 0) is 14.0 Å². The van der Waals surface area contributed by atoms with Crippen molar-refractivity contribution in [2.45, 2.75) is 13.2 Å². The van der Waals surface area contributed by atoms with E-state index >= 15 is 0 Å². The number of aliphatic hydroxyl groups is 1. The van der Waals surface area contributed by atoms with Crippen LogP contribution in [0.4, 0.5) is 0 Å². The first-order valence-electron chi connectivity index (χ1n) is 2.93. The van der Waals surface area contributed by atoms with Crippen molar-refractivity contribution in [1.29, 1.82) is 0 Å². The van der Waals surface area contributed by atoms with Gasteiger partial charge in [0.05, 0.1) is 0 Å². The minimum absolute atomic E-state index is 0.366. The van der Waals surface area contributed by atoms with Crippen molar-refractivity contribution in [3.63, 3.8) is 0 Å². The Morgan fingerprint density at radius 3 is 1.15 bits per heavy atom. The maximum Gasteiger partial charge on any atom is 0.314 e. The van der Waals surface area contributed by atoms with Gasteiger partial charge in [-0.25, -0.2) is 0 Å². The standard InChI is InChI=1S/C3H9NO.2H3O3P/c1-3(5)4-2;2*1-4(2)3/h3-5H,1-2H3;2*4H,(H2,1,2,3). The van der Waals surface area contributed by atoms with E-state index in [2.05, 4.69) is 5.32 Å². The lowest BCUT2D eigenvalue weighted by Crippen LogP contribution is -2.19. The average molecular weight is 239 g/mol. The van der Waals surface area contributed by atoms with Crippen LogP contribution in [0.3, 0.4) is 0 Å². The predicted molar refractivity (Wildman–Crippen MR) is 47.6 cm³/mol. The van der Waals surface area contributed by atoms with Crippen LogP contribution < -0.4 is 5.32 Å². The van der Waals surface area contributed by atoms with Gasteiger partial charge in [-0.15, -0.1) is 0 Å². The topological polar surface area (TPSA) is 147 Å². The maximum atomic E-state index is 8.74. The largest absolute Gasteiger partial charge is 0.379 e. The molecule has 0 aromatic heterocycles. The smallest absolute Gasteiger partial charge is 0.314 e. The van der Waals surface area contributed by atoms with Crippen LogP contribution in [0.25, 0.3) is 0 Å². The van der Waals surface area contributed by atoms with Crippen LogP contribution in [0.1, 0.15) is 6.92 Å². The fraction of sp³-hybridized carbons (Fsp3) is 1.00. The summed E-state index contributed by atoms with van der Waals surface area (Å²) in [6.45, 7) is 1.67. The molecule has 6 N–H and O–H groups in total. The van der Waals surface area contributed by atoms with Gasteiger partial charge < -0.3 is 24.7 Å². The molecule has 0 rings (SSSR count). The Balaban J connectivity index is -0.000000117. The molecule has 0 aliphatic rings. The molecule has 0 heterocycles. The molecule has 0 amide bonds. The van der Waals surface area contributed by atoms with Gasteiger partial charge in [0, 0.05) is 0 Å². The Kier molecular flexibility index (Phi) is 21.4. The lowest BCUT2D eigenvalue weighted by molar-refractivity contribution is 0.167. The van der Waals surface area contributed by atoms with Gasteiger partial charge in [0.25, 0.3) is 0 Å². The van der Waals surface area contributed by atoms with Gasteiger partial charge in [-0.2, -0.15) is 0 Å². The highest BCUT2D eigenvalue weighted by Gasteiger charge is 1.78. The highest BCUT2D eigenvalue weighted by molar-refractivity contribution is 7.31. The Morgan fingerprint density at radius 1 is 1.08 bits per heavy atom. The number of rotatable bonds is 1. The van der Waals surface area contributed by atoms with Crippen molar-refractivity contribution in [3.05, 3.63) is 0 Å². The molecule has 0 aliphatic heterocycles. The maximum absolute atomic E-state index is 8.74.